The van der Waals surface area contributed by atoms with Crippen molar-refractivity contribution in [1.29, 1.82) is 0 Å². The number of nitrogens with one attached hydrogen (secondary N) is 1. The molecule has 0 amide bonds. The van der Waals surface area contributed by atoms with E-state index in [-0.39, 0.29) is 11.6 Å². The van der Waals surface area contributed by atoms with Gasteiger partial charge in [-0.25, -0.2) is 8.78 Å². The summed E-state index contributed by atoms with van der Waals surface area (Å²) in [6, 6.07) is 9.16. The first-order valence-corrected chi connectivity index (χ1v) is 7.11. The molecule has 2 aromatic carbocycles. The van der Waals surface area contributed by atoms with E-state index in [1.807, 2.05) is 25.1 Å². The summed E-state index contributed by atoms with van der Waals surface area (Å²) in [7, 11) is 0. The number of rotatable bonds is 2. The Bertz CT molecular complexity index is 885. The van der Waals surface area contributed by atoms with Crippen molar-refractivity contribution in [2.24, 2.45) is 0 Å². The third-order valence-electron chi connectivity index (χ3n) is 3.49. The summed E-state index contributed by atoms with van der Waals surface area (Å²) >= 11 is 11.4. The number of benzene rings is 2. The fraction of sp³-hybridized carbons (Fsp3) is 0.133. The molecule has 108 valence electrons. The molecule has 3 aromatic rings. The predicted molar refractivity (Wildman–Crippen MR) is 82.3 cm³/mol. The zero-order valence-corrected chi connectivity index (χ0v) is 12.6. The number of aromatic nitrogens is 2. The molecule has 1 unspecified atom stereocenters. The van der Waals surface area contributed by atoms with E-state index in [4.69, 9.17) is 23.8 Å². The van der Waals surface area contributed by atoms with Gasteiger partial charge in [0.25, 0.3) is 0 Å². The molecule has 21 heavy (non-hydrogen) atoms. The van der Waals surface area contributed by atoms with Gasteiger partial charge in [-0.05, 0) is 36.8 Å². The highest BCUT2D eigenvalue weighted by molar-refractivity contribution is 7.71. The van der Waals surface area contributed by atoms with Gasteiger partial charge in [-0.2, -0.15) is 0 Å². The van der Waals surface area contributed by atoms with Crippen LogP contribution in [0.3, 0.4) is 0 Å². The predicted octanol–water partition coefficient (Wildman–Crippen LogP) is 5.24. The molecule has 0 saturated carbocycles. The van der Waals surface area contributed by atoms with Crippen LogP contribution in [-0.4, -0.2) is 9.55 Å². The maximum absolute atomic E-state index is 13.8. The average Bonchev–Trinajstić information content (AvgIpc) is 2.75. The fourth-order valence-electron chi connectivity index (χ4n) is 2.49. The lowest BCUT2D eigenvalue weighted by Gasteiger charge is -2.16. The average molecular weight is 325 g/mol. The van der Waals surface area contributed by atoms with Crippen molar-refractivity contribution < 1.29 is 8.78 Å². The number of fused-ring (bicyclic) bond motifs is 1. The minimum Gasteiger partial charge on any atom is -0.328 e. The second kappa shape index (κ2) is 5.24. The quantitative estimate of drug-likeness (QED) is 0.639. The summed E-state index contributed by atoms with van der Waals surface area (Å²) in [6.45, 7) is 1.88. The molecule has 0 saturated heterocycles. The van der Waals surface area contributed by atoms with Crippen LogP contribution in [-0.2, 0) is 0 Å². The van der Waals surface area contributed by atoms with Crippen LogP contribution in [0.1, 0.15) is 18.5 Å². The standard InChI is InChI=1S/C15H11ClF2N2S/c1-8(10-4-2-3-5-11(10)16)20-13-7-9(17)6-12(18)14(13)19-15(20)21/h2-8H,1H3,(H,19,21). The summed E-state index contributed by atoms with van der Waals surface area (Å²) in [4.78, 5) is 2.79. The topological polar surface area (TPSA) is 20.7 Å². The summed E-state index contributed by atoms with van der Waals surface area (Å²) in [5, 5.41) is 0.582. The van der Waals surface area contributed by atoms with E-state index in [1.165, 1.54) is 6.07 Å². The van der Waals surface area contributed by atoms with Crippen molar-refractivity contribution in [3.63, 3.8) is 0 Å². The molecule has 0 aliphatic carbocycles. The lowest BCUT2D eigenvalue weighted by atomic mass is 10.1. The SMILES string of the molecule is CC(c1ccccc1Cl)n1c(=S)[nH]c2c(F)cc(F)cc21. The van der Waals surface area contributed by atoms with Crippen molar-refractivity contribution in [2.45, 2.75) is 13.0 Å². The molecule has 0 fully saturated rings. The fourth-order valence-corrected chi connectivity index (χ4v) is 3.14. The Kier molecular flexibility index (Phi) is 3.55. The highest BCUT2D eigenvalue weighted by Gasteiger charge is 2.18. The molecule has 0 spiro atoms. The number of imidazole rings is 1. The van der Waals surface area contributed by atoms with E-state index in [2.05, 4.69) is 4.98 Å². The van der Waals surface area contributed by atoms with Crippen LogP contribution in [0.4, 0.5) is 8.78 Å². The molecular weight excluding hydrogens is 314 g/mol. The molecule has 1 N–H and O–H groups in total. The van der Waals surface area contributed by atoms with Crippen molar-refractivity contribution >= 4 is 34.9 Å². The van der Waals surface area contributed by atoms with Crippen LogP contribution in [0.25, 0.3) is 11.0 Å². The molecule has 3 rings (SSSR count). The van der Waals surface area contributed by atoms with E-state index >= 15 is 0 Å². The first kappa shape index (κ1) is 14.2. The smallest absolute Gasteiger partial charge is 0.178 e. The highest BCUT2D eigenvalue weighted by atomic mass is 35.5. The number of halogens is 3. The maximum Gasteiger partial charge on any atom is 0.178 e. The molecule has 0 aliphatic heterocycles. The van der Waals surface area contributed by atoms with Crippen LogP contribution in [0.2, 0.25) is 5.02 Å². The minimum absolute atomic E-state index is 0.195. The Morgan fingerprint density at radius 1 is 1.24 bits per heavy atom. The monoisotopic (exact) mass is 324 g/mol. The molecule has 0 bridgehead atoms. The molecule has 1 atom stereocenters. The number of nitrogens with zero attached hydrogens (tertiary/aromatic N) is 1. The Hall–Kier alpha value is -1.72. The van der Waals surface area contributed by atoms with E-state index in [9.17, 15) is 8.78 Å². The lowest BCUT2D eigenvalue weighted by Crippen LogP contribution is -2.07. The normalized spacial score (nSPS) is 12.8. The Morgan fingerprint density at radius 2 is 1.95 bits per heavy atom. The van der Waals surface area contributed by atoms with Crippen LogP contribution in [0, 0.1) is 16.4 Å². The van der Waals surface area contributed by atoms with Crippen LogP contribution in [0.5, 0.6) is 0 Å². The second-order valence-corrected chi connectivity index (χ2v) is 5.57. The maximum atomic E-state index is 13.8. The largest absolute Gasteiger partial charge is 0.328 e. The highest BCUT2D eigenvalue weighted by Crippen LogP contribution is 2.30. The summed E-state index contributed by atoms with van der Waals surface area (Å²) in [5.41, 5.74) is 1.41. The van der Waals surface area contributed by atoms with Crippen LogP contribution in [0.15, 0.2) is 36.4 Å². The zero-order valence-electron chi connectivity index (χ0n) is 11.0. The number of H-pyrrole nitrogens is 1. The van der Waals surface area contributed by atoms with E-state index < -0.39 is 11.6 Å². The Morgan fingerprint density at radius 3 is 2.67 bits per heavy atom. The molecular formula is C15H11ClF2N2S. The number of aromatic amines is 1. The lowest BCUT2D eigenvalue weighted by molar-refractivity contribution is 0.588. The van der Waals surface area contributed by atoms with Gasteiger partial charge in [-0.15, -0.1) is 0 Å². The summed E-state index contributed by atoms with van der Waals surface area (Å²) in [5.74, 6) is -1.31. The second-order valence-electron chi connectivity index (χ2n) is 4.78. The van der Waals surface area contributed by atoms with Crippen LogP contribution < -0.4 is 0 Å². The zero-order chi connectivity index (χ0) is 15.1. The van der Waals surface area contributed by atoms with Crippen molar-refractivity contribution in [3.05, 3.63) is 63.4 Å². The summed E-state index contributed by atoms with van der Waals surface area (Å²) in [6.07, 6.45) is 0. The third-order valence-corrected chi connectivity index (χ3v) is 4.13. The number of hydrogen-bond acceptors (Lipinski definition) is 1. The first-order valence-electron chi connectivity index (χ1n) is 6.32. The molecule has 0 aliphatic rings. The van der Waals surface area contributed by atoms with E-state index in [0.29, 0.717) is 15.3 Å². The van der Waals surface area contributed by atoms with Gasteiger partial charge in [0.15, 0.2) is 10.6 Å². The Balaban J connectivity index is 2.28. The van der Waals surface area contributed by atoms with Crippen LogP contribution >= 0.6 is 23.8 Å². The van der Waals surface area contributed by atoms with Crippen molar-refractivity contribution in [1.82, 2.24) is 9.55 Å². The van der Waals surface area contributed by atoms with Gasteiger partial charge in [0, 0.05) is 11.1 Å². The molecule has 0 radical (unpaired) electrons. The minimum atomic E-state index is -0.666. The van der Waals surface area contributed by atoms with Crippen molar-refractivity contribution in [3.8, 4) is 0 Å². The van der Waals surface area contributed by atoms with E-state index in [1.54, 1.807) is 10.6 Å². The van der Waals surface area contributed by atoms with Gasteiger partial charge in [0.05, 0.1) is 11.6 Å². The van der Waals surface area contributed by atoms with Gasteiger partial charge in [0.1, 0.15) is 11.3 Å². The Labute approximate surface area is 130 Å². The van der Waals surface area contributed by atoms with Gasteiger partial charge in [-0.1, -0.05) is 29.8 Å². The molecule has 6 heteroatoms. The van der Waals surface area contributed by atoms with Gasteiger partial charge >= 0.3 is 0 Å². The van der Waals surface area contributed by atoms with Gasteiger partial charge in [-0.3, -0.25) is 0 Å². The summed E-state index contributed by atoms with van der Waals surface area (Å²) < 4.78 is 29.3. The number of hydrogen-bond donors (Lipinski definition) is 1. The van der Waals surface area contributed by atoms with E-state index in [0.717, 1.165) is 11.6 Å². The first-order chi connectivity index (χ1) is 9.99. The molecule has 2 nitrogen and oxygen atoms in total. The molecule has 1 aromatic heterocycles. The van der Waals surface area contributed by atoms with Crippen molar-refractivity contribution in [2.75, 3.05) is 0 Å². The van der Waals surface area contributed by atoms with Gasteiger partial charge in [0.2, 0.25) is 0 Å². The van der Waals surface area contributed by atoms with Gasteiger partial charge < -0.3 is 9.55 Å². The third kappa shape index (κ3) is 2.36. The molecule has 1 heterocycles.